The lowest BCUT2D eigenvalue weighted by Gasteiger charge is -2.12. The number of aliphatic imine (C=N–C) groups is 1. The minimum atomic E-state index is 0. The number of nitrogens with zero attached hydrogens (tertiary/aromatic N) is 2. The van der Waals surface area contributed by atoms with Crippen molar-refractivity contribution in [1.29, 1.82) is 0 Å². The summed E-state index contributed by atoms with van der Waals surface area (Å²) in [6.07, 6.45) is 3.52. The van der Waals surface area contributed by atoms with Crippen LogP contribution < -0.4 is 10.6 Å². The molecule has 6 nitrogen and oxygen atoms in total. The maximum Gasteiger partial charge on any atom is 0.191 e. The molecule has 0 aliphatic carbocycles. The minimum absolute atomic E-state index is 0. The Morgan fingerprint density at radius 2 is 2.13 bits per heavy atom. The third-order valence-corrected chi connectivity index (χ3v) is 5.92. The molecule has 8 heteroatoms. The first-order chi connectivity index (χ1) is 14.3. The number of hydrogen-bond donors (Lipinski definition) is 2. The lowest BCUT2D eigenvalue weighted by atomic mass is 10.2. The van der Waals surface area contributed by atoms with Crippen LogP contribution in [0.2, 0.25) is 0 Å². The predicted octanol–water partition coefficient (Wildman–Crippen LogP) is 4.38. The van der Waals surface area contributed by atoms with Gasteiger partial charge in [0, 0.05) is 36.7 Å². The molecule has 0 saturated carbocycles. The van der Waals surface area contributed by atoms with Crippen molar-refractivity contribution in [2.45, 2.75) is 45.8 Å². The zero-order valence-corrected chi connectivity index (χ0v) is 21.0. The molecule has 1 fully saturated rings. The van der Waals surface area contributed by atoms with Gasteiger partial charge in [0.1, 0.15) is 5.01 Å². The highest BCUT2D eigenvalue weighted by Crippen LogP contribution is 2.28. The number of aromatic nitrogens is 1. The van der Waals surface area contributed by atoms with E-state index in [1.807, 2.05) is 18.2 Å². The van der Waals surface area contributed by atoms with Gasteiger partial charge in [-0.2, -0.15) is 0 Å². The van der Waals surface area contributed by atoms with Gasteiger partial charge in [0.25, 0.3) is 0 Å². The first kappa shape index (κ1) is 25.0. The molecule has 1 unspecified atom stereocenters. The number of hydrogen-bond acceptors (Lipinski definition) is 5. The molecule has 30 heavy (non-hydrogen) atoms. The number of ether oxygens (including phenoxy) is 2. The molecule has 1 aliphatic heterocycles. The van der Waals surface area contributed by atoms with E-state index in [9.17, 15) is 0 Å². The molecule has 1 atom stereocenters. The lowest BCUT2D eigenvalue weighted by Crippen LogP contribution is -2.38. The van der Waals surface area contributed by atoms with Gasteiger partial charge in [0.2, 0.25) is 0 Å². The molecule has 2 N–H and O–H groups in total. The molecule has 0 radical (unpaired) electrons. The molecule has 2 heterocycles. The van der Waals surface area contributed by atoms with Gasteiger partial charge in [0.15, 0.2) is 5.96 Å². The van der Waals surface area contributed by atoms with Crippen LogP contribution in [0.5, 0.6) is 0 Å². The smallest absolute Gasteiger partial charge is 0.191 e. The lowest BCUT2D eigenvalue weighted by molar-refractivity contribution is 0.0168. The Hall–Kier alpha value is -1.23. The average molecular weight is 545 g/mol. The van der Waals surface area contributed by atoms with Crippen molar-refractivity contribution in [2.75, 3.05) is 32.9 Å². The van der Waals surface area contributed by atoms with Crippen LogP contribution in [-0.4, -0.2) is 50.0 Å². The summed E-state index contributed by atoms with van der Waals surface area (Å²) in [4.78, 5) is 10.6. The van der Waals surface area contributed by atoms with Crippen LogP contribution >= 0.6 is 35.3 Å². The summed E-state index contributed by atoms with van der Waals surface area (Å²) < 4.78 is 11.3. The molecule has 1 aromatic heterocycles. The quantitative estimate of drug-likeness (QED) is 0.201. The van der Waals surface area contributed by atoms with Gasteiger partial charge >= 0.3 is 0 Å². The second-order valence-electron chi connectivity index (χ2n) is 7.08. The zero-order valence-electron chi connectivity index (χ0n) is 17.9. The molecule has 166 valence electrons. The summed E-state index contributed by atoms with van der Waals surface area (Å²) in [6, 6.07) is 10.3. The van der Waals surface area contributed by atoms with Crippen molar-refractivity contribution in [2.24, 2.45) is 4.99 Å². The highest BCUT2D eigenvalue weighted by Gasteiger charge is 2.15. The number of thiazole rings is 1. The Morgan fingerprint density at radius 1 is 1.30 bits per heavy atom. The number of rotatable bonds is 10. The normalized spacial score (nSPS) is 16.3. The highest BCUT2D eigenvalue weighted by molar-refractivity contribution is 14.0. The van der Waals surface area contributed by atoms with Crippen molar-refractivity contribution < 1.29 is 9.47 Å². The van der Waals surface area contributed by atoms with E-state index in [0.29, 0.717) is 19.3 Å². The van der Waals surface area contributed by atoms with Gasteiger partial charge in [-0.25, -0.2) is 9.98 Å². The topological polar surface area (TPSA) is 67.8 Å². The van der Waals surface area contributed by atoms with E-state index < -0.39 is 0 Å². The third kappa shape index (κ3) is 8.13. The van der Waals surface area contributed by atoms with Crippen molar-refractivity contribution in [1.82, 2.24) is 15.6 Å². The molecule has 1 aromatic carbocycles. The fourth-order valence-electron chi connectivity index (χ4n) is 3.14. The summed E-state index contributed by atoms with van der Waals surface area (Å²) >= 11 is 1.71. The minimum Gasteiger partial charge on any atom is -0.379 e. The van der Waals surface area contributed by atoms with E-state index in [-0.39, 0.29) is 24.0 Å². The Balaban J connectivity index is 0.00000320. The van der Waals surface area contributed by atoms with Crippen molar-refractivity contribution in [3.63, 3.8) is 0 Å². The largest absolute Gasteiger partial charge is 0.379 e. The van der Waals surface area contributed by atoms with Crippen LogP contribution in [0.3, 0.4) is 0 Å². The summed E-state index contributed by atoms with van der Waals surface area (Å²) in [5.74, 6) is 0.834. The Morgan fingerprint density at radius 3 is 2.87 bits per heavy atom. The van der Waals surface area contributed by atoms with Crippen molar-refractivity contribution >= 4 is 41.3 Å². The first-order valence-electron chi connectivity index (χ1n) is 10.5. The van der Waals surface area contributed by atoms with Crippen molar-refractivity contribution in [3.05, 3.63) is 40.9 Å². The fraction of sp³-hybridized carbons (Fsp3) is 0.545. The van der Waals surface area contributed by atoms with E-state index in [1.54, 1.807) is 11.3 Å². The van der Waals surface area contributed by atoms with Gasteiger partial charge in [-0.1, -0.05) is 30.3 Å². The van der Waals surface area contributed by atoms with Crippen molar-refractivity contribution in [3.8, 4) is 10.6 Å². The zero-order chi connectivity index (χ0) is 20.3. The monoisotopic (exact) mass is 544 g/mol. The first-order valence-corrected chi connectivity index (χ1v) is 11.3. The second-order valence-corrected chi connectivity index (χ2v) is 8.16. The van der Waals surface area contributed by atoms with E-state index in [4.69, 9.17) is 19.5 Å². The molecule has 1 saturated heterocycles. The van der Waals surface area contributed by atoms with E-state index in [1.165, 1.54) is 4.88 Å². The molecular formula is C22H33IN4O2S. The second kappa shape index (κ2) is 14.0. The van der Waals surface area contributed by atoms with Gasteiger partial charge in [-0.15, -0.1) is 35.3 Å². The standard InChI is InChI=1S/C22H32N4O2S.HI/c1-3-23-22(24-12-8-13-27-16-19-11-7-14-28-19)25-15-20-17(2)26-21(29-20)18-9-5-4-6-10-18;/h4-6,9-10,19H,3,7-8,11-16H2,1-2H3,(H2,23,24,25);1H. The number of guanidine groups is 1. The van der Waals surface area contributed by atoms with Crippen LogP contribution in [0.25, 0.3) is 10.6 Å². The van der Waals surface area contributed by atoms with Crippen LogP contribution in [0, 0.1) is 6.92 Å². The van der Waals surface area contributed by atoms with Crippen LogP contribution in [0.4, 0.5) is 0 Å². The number of nitrogens with one attached hydrogen (secondary N) is 2. The Kier molecular flexibility index (Phi) is 11.6. The molecule has 3 rings (SSSR count). The van der Waals surface area contributed by atoms with E-state index in [0.717, 1.165) is 67.8 Å². The third-order valence-electron chi connectivity index (χ3n) is 4.72. The maximum absolute atomic E-state index is 5.72. The Bertz CT molecular complexity index is 764. The number of halogens is 1. The SMILES string of the molecule is CCNC(=NCc1sc(-c2ccccc2)nc1C)NCCCOCC1CCCO1.I. The summed E-state index contributed by atoms with van der Waals surface area (Å²) in [5, 5.41) is 7.75. The van der Waals surface area contributed by atoms with E-state index >= 15 is 0 Å². The molecule has 0 amide bonds. The average Bonchev–Trinajstić information content (AvgIpc) is 3.39. The number of aryl methyl sites for hydroxylation is 1. The number of benzene rings is 1. The fourth-order valence-corrected chi connectivity index (χ4v) is 4.14. The van der Waals surface area contributed by atoms with Crippen LogP contribution in [-0.2, 0) is 16.0 Å². The van der Waals surface area contributed by atoms with Gasteiger partial charge in [-0.3, -0.25) is 0 Å². The van der Waals surface area contributed by atoms with Crippen LogP contribution in [0.1, 0.15) is 36.8 Å². The summed E-state index contributed by atoms with van der Waals surface area (Å²) in [5.41, 5.74) is 2.21. The van der Waals surface area contributed by atoms with Gasteiger partial charge < -0.3 is 20.1 Å². The van der Waals surface area contributed by atoms with Gasteiger partial charge in [0.05, 0.1) is 24.9 Å². The predicted molar refractivity (Wildman–Crippen MR) is 135 cm³/mol. The molecule has 1 aliphatic rings. The van der Waals surface area contributed by atoms with E-state index in [2.05, 4.69) is 36.6 Å². The molecular weight excluding hydrogens is 511 g/mol. The molecule has 2 aromatic rings. The van der Waals surface area contributed by atoms with Crippen LogP contribution in [0.15, 0.2) is 35.3 Å². The maximum atomic E-state index is 5.72. The molecule has 0 spiro atoms. The summed E-state index contributed by atoms with van der Waals surface area (Å²) in [7, 11) is 0. The Labute approximate surface area is 200 Å². The highest BCUT2D eigenvalue weighted by atomic mass is 127. The van der Waals surface area contributed by atoms with Gasteiger partial charge in [-0.05, 0) is 33.1 Å². The molecule has 0 bridgehead atoms. The summed E-state index contributed by atoms with van der Waals surface area (Å²) in [6.45, 7) is 8.74.